The number of rotatable bonds is 16. The van der Waals surface area contributed by atoms with E-state index in [-0.39, 0.29) is 41.8 Å². The van der Waals surface area contributed by atoms with Crippen LogP contribution in [0, 0.1) is 5.92 Å². The van der Waals surface area contributed by atoms with Crippen molar-refractivity contribution in [2.45, 2.75) is 115 Å². The topological polar surface area (TPSA) is 63.2 Å². The van der Waals surface area contributed by atoms with Gasteiger partial charge >= 0.3 is 5.97 Å². The Hall–Kier alpha value is -2.81. The van der Waals surface area contributed by atoms with Gasteiger partial charge in [0.1, 0.15) is 0 Å². The van der Waals surface area contributed by atoms with Crippen molar-refractivity contribution in [3.63, 3.8) is 0 Å². The molecule has 4 rings (SSSR count). The maximum absolute atomic E-state index is 12.2. The fourth-order valence-electron chi connectivity index (χ4n) is 7.17. The summed E-state index contributed by atoms with van der Waals surface area (Å²) in [7, 11) is 0.550. The number of carbonyl (C=O) groups excluding carboxylic acids is 1. The van der Waals surface area contributed by atoms with Crippen molar-refractivity contribution in [2.24, 2.45) is 5.92 Å². The Morgan fingerprint density at radius 3 is 1.89 bits per heavy atom. The first-order chi connectivity index (χ1) is 22.6. The second-order valence-electron chi connectivity index (χ2n) is 14.1. The van der Waals surface area contributed by atoms with Gasteiger partial charge in [-0.2, -0.15) is 0 Å². The van der Waals surface area contributed by atoms with Crippen molar-refractivity contribution in [1.82, 2.24) is 0 Å². The van der Waals surface area contributed by atoms with E-state index in [1.165, 1.54) is 17.5 Å². The molecule has 256 valence electrons. The zero-order valence-corrected chi connectivity index (χ0v) is 30.5. The zero-order valence-electron chi connectivity index (χ0n) is 29.5. The van der Waals surface area contributed by atoms with Crippen LogP contribution < -0.4 is 10.4 Å². The van der Waals surface area contributed by atoms with Crippen LogP contribution in [0.3, 0.4) is 0 Å². The van der Waals surface area contributed by atoms with E-state index in [2.05, 4.69) is 95.3 Å². The van der Waals surface area contributed by atoms with Gasteiger partial charge in [-0.3, -0.25) is 4.79 Å². The molecule has 1 aliphatic heterocycles. The fraction of sp³-hybridized carbons (Fsp3) is 0.525. The molecule has 0 bridgehead atoms. The van der Waals surface area contributed by atoms with Crippen molar-refractivity contribution < 1.29 is 28.2 Å². The quantitative estimate of drug-likeness (QED) is 0.115. The molecule has 3 aromatic carbocycles. The van der Waals surface area contributed by atoms with Crippen LogP contribution in [0.5, 0.6) is 0 Å². The average Bonchev–Trinajstić information content (AvgIpc) is 3.07. The lowest BCUT2D eigenvalue weighted by molar-refractivity contribution is -0.252. The molecule has 0 amide bonds. The number of benzene rings is 3. The molecular weight excluding hydrogens is 605 g/mol. The highest BCUT2D eigenvalue weighted by atomic mass is 28.4. The molecule has 0 saturated carbocycles. The van der Waals surface area contributed by atoms with Crippen molar-refractivity contribution in [1.29, 1.82) is 0 Å². The van der Waals surface area contributed by atoms with Gasteiger partial charge in [0.15, 0.2) is 6.29 Å². The summed E-state index contributed by atoms with van der Waals surface area (Å²) in [5.74, 6) is 0.0613. The smallest absolute Gasteiger partial charge is 0.308 e. The van der Waals surface area contributed by atoms with Crippen LogP contribution in [0.4, 0.5) is 0 Å². The Morgan fingerprint density at radius 2 is 1.38 bits per heavy atom. The highest BCUT2D eigenvalue weighted by molar-refractivity contribution is 6.99. The van der Waals surface area contributed by atoms with E-state index in [0.717, 1.165) is 37.7 Å². The predicted octanol–water partition coefficient (Wildman–Crippen LogP) is 7.99. The molecule has 0 unspecified atom stereocenters. The molecule has 1 heterocycles. The van der Waals surface area contributed by atoms with Gasteiger partial charge in [0.05, 0.1) is 31.8 Å². The summed E-state index contributed by atoms with van der Waals surface area (Å²) in [4.78, 5) is 12.2. The zero-order chi connectivity index (χ0) is 33.9. The summed E-state index contributed by atoms with van der Waals surface area (Å²) >= 11 is 0. The molecule has 0 radical (unpaired) electrons. The molecule has 0 aromatic heterocycles. The van der Waals surface area contributed by atoms with Gasteiger partial charge in [0.25, 0.3) is 8.32 Å². The number of carbonyl (C=O) groups is 1. The van der Waals surface area contributed by atoms with Gasteiger partial charge in [-0.25, -0.2) is 0 Å². The van der Waals surface area contributed by atoms with Crippen molar-refractivity contribution in [3.05, 3.63) is 96.6 Å². The van der Waals surface area contributed by atoms with Crippen LogP contribution in [0.15, 0.2) is 91.0 Å². The van der Waals surface area contributed by atoms with Crippen LogP contribution in [-0.4, -0.2) is 52.9 Å². The van der Waals surface area contributed by atoms with E-state index in [4.69, 9.17) is 23.4 Å². The molecule has 1 fully saturated rings. The molecule has 7 heteroatoms. The average molecular weight is 661 g/mol. The first-order valence-electron chi connectivity index (χ1n) is 17.3. The summed E-state index contributed by atoms with van der Waals surface area (Å²) in [6, 6.07) is 31.7. The van der Waals surface area contributed by atoms with E-state index >= 15 is 0 Å². The second kappa shape index (κ2) is 17.5. The lowest BCUT2D eigenvalue weighted by Crippen LogP contribution is -2.67. The summed E-state index contributed by atoms with van der Waals surface area (Å²) in [6.07, 6.45) is 4.70. The van der Waals surface area contributed by atoms with Gasteiger partial charge in [-0.1, -0.05) is 132 Å². The van der Waals surface area contributed by atoms with Gasteiger partial charge in [-0.05, 0) is 47.0 Å². The second-order valence-corrected chi connectivity index (χ2v) is 18.4. The summed E-state index contributed by atoms with van der Waals surface area (Å²) in [5.41, 5.74) is 0.956. The third-order valence-electron chi connectivity index (χ3n) is 9.41. The van der Waals surface area contributed by atoms with E-state index < -0.39 is 14.6 Å². The maximum atomic E-state index is 12.2. The number of esters is 1. The molecule has 47 heavy (non-hydrogen) atoms. The van der Waals surface area contributed by atoms with Crippen molar-refractivity contribution in [3.8, 4) is 0 Å². The Kier molecular flexibility index (Phi) is 13.8. The van der Waals surface area contributed by atoms with E-state index in [1.54, 1.807) is 0 Å². The Bertz CT molecular complexity index is 1290. The lowest BCUT2D eigenvalue weighted by Gasteiger charge is -2.45. The highest BCUT2D eigenvalue weighted by Crippen LogP contribution is 2.39. The number of ether oxygens (including phenoxy) is 4. The molecule has 6 nitrogen and oxygen atoms in total. The van der Waals surface area contributed by atoms with Crippen LogP contribution in [-0.2, 0) is 28.2 Å². The highest BCUT2D eigenvalue weighted by Gasteiger charge is 2.51. The Balaban J connectivity index is 1.51. The molecule has 0 aliphatic carbocycles. The molecule has 1 aliphatic rings. The maximum Gasteiger partial charge on any atom is 0.308 e. The van der Waals surface area contributed by atoms with Crippen LogP contribution in [0.2, 0.25) is 5.04 Å². The molecule has 0 N–H and O–H groups in total. The lowest BCUT2D eigenvalue weighted by atomic mass is 9.91. The van der Waals surface area contributed by atoms with Crippen molar-refractivity contribution >= 4 is 24.7 Å². The van der Waals surface area contributed by atoms with Crippen LogP contribution >= 0.6 is 0 Å². The minimum absolute atomic E-state index is 0.0374. The third-order valence-corrected chi connectivity index (χ3v) is 14.5. The molecule has 1 saturated heterocycles. The Morgan fingerprint density at radius 1 is 0.830 bits per heavy atom. The molecule has 6 atom stereocenters. The standard InChI is InChI=1S/C40H56O6Si/c1-8-18-32(46-47(40(3,4)5,36-21-14-10-15-22-36)37-23-16-11-17-24-37)27-33(42-6)25-30(2)26-34-28-35(29-38(41)43-7)45-39(44-34)31-19-12-9-13-20-31/h9-17,19-24,30,32-35,39H,8,18,25-29H2,1-7H3/t30-,32-,33-,34+,35+,39+/m1/s1. The number of hydrogen-bond donors (Lipinski definition) is 0. The summed E-state index contributed by atoms with van der Waals surface area (Å²) in [5, 5.41) is 2.51. The largest absolute Gasteiger partial charge is 0.469 e. The van der Waals surface area contributed by atoms with Gasteiger partial charge in [-0.15, -0.1) is 0 Å². The van der Waals surface area contributed by atoms with Gasteiger partial charge < -0.3 is 23.4 Å². The van der Waals surface area contributed by atoms with Crippen LogP contribution in [0.25, 0.3) is 0 Å². The minimum Gasteiger partial charge on any atom is -0.469 e. The van der Waals surface area contributed by atoms with Gasteiger partial charge in [0.2, 0.25) is 0 Å². The minimum atomic E-state index is -2.70. The number of methoxy groups -OCH3 is 2. The monoisotopic (exact) mass is 660 g/mol. The first kappa shape index (κ1) is 37.0. The van der Waals surface area contributed by atoms with Crippen molar-refractivity contribution in [2.75, 3.05) is 14.2 Å². The molecule has 3 aromatic rings. The normalized spacial score (nSPS) is 20.7. The Labute approximate surface area is 284 Å². The molecular formula is C40H56O6Si. The number of hydrogen-bond acceptors (Lipinski definition) is 6. The predicted molar refractivity (Wildman–Crippen MR) is 191 cm³/mol. The van der Waals surface area contributed by atoms with E-state index in [9.17, 15) is 4.79 Å². The van der Waals surface area contributed by atoms with Crippen LogP contribution in [0.1, 0.15) is 91.4 Å². The fourth-order valence-corrected chi connectivity index (χ4v) is 11.9. The SMILES string of the molecule is CCC[C@H](C[C@@H](C[C@@H](C)C[C@H]1C[C@@H](CC(=O)OC)O[C@@H](c2ccccc2)O1)OC)O[Si](c1ccccc1)(c1ccccc1)C(C)(C)C. The third kappa shape index (κ3) is 9.86. The summed E-state index contributed by atoms with van der Waals surface area (Å²) < 4.78 is 31.4. The molecule has 0 spiro atoms. The first-order valence-corrected chi connectivity index (χ1v) is 19.2. The van der Waals surface area contributed by atoms with E-state index in [1.807, 2.05) is 37.4 Å². The summed E-state index contributed by atoms with van der Waals surface area (Å²) in [6.45, 7) is 11.5. The van der Waals surface area contributed by atoms with Gasteiger partial charge in [0, 0.05) is 25.2 Å². The van der Waals surface area contributed by atoms with E-state index in [0.29, 0.717) is 12.3 Å².